The molecule has 1 aromatic carbocycles. The maximum atomic E-state index is 12.0. The summed E-state index contributed by atoms with van der Waals surface area (Å²) >= 11 is 1.31. The van der Waals surface area contributed by atoms with Crippen molar-refractivity contribution >= 4 is 26.5 Å². The van der Waals surface area contributed by atoms with E-state index in [0.717, 1.165) is 10.4 Å². The number of aryl methyl sites for hydroxylation is 2. The zero-order valence-electron chi connectivity index (χ0n) is 9.47. The highest BCUT2D eigenvalue weighted by Gasteiger charge is 2.15. The van der Waals surface area contributed by atoms with Crippen LogP contribution in [0.25, 0.3) is 0 Å². The van der Waals surface area contributed by atoms with Gasteiger partial charge in [-0.2, -0.15) is 0 Å². The van der Waals surface area contributed by atoms with Crippen LogP contribution in [-0.4, -0.2) is 13.4 Å². The Morgan fingerprint density at radius 3 is 2.35 bits per heavy atom. The van der Waals surface area contributed by atoms with Gasteiger partial charge in [0.15, 0.2) is 5.13 Å². The molecule has 0 unspecified atom stereocenters. The number of rotatable bonds is 3. The monoisotopic (exact) mass is 268 g/mol. The highest BCUT2D eigenvalue weighted by Crippen LogP contribution is 2.21. The quantitative estimate of drug-likeness (QED) is 0.930. The minimum Gasteiger partial charge on any atom is -0.255 e. The van der Waals surface area contributed by atoms with Crippen LogP contribution in [0, 0.1) is 13.8 Å². The van der Waals surface area contributed by atoms with Crippen molar-refractivity contribution in [2.75, 3.05) is 4.72 Å². The van der Waals surface area contributed by atoms with Crippen LogP contribution in [0.1, 0.15) is 10.4 Å². The van der Waals surface area contributed by atoms with Gasteiger partial charge in [0.1, 0.15) is 0 Å². The lowest BCUT2D eigenvalue weighted by molar-refractivity contribution is 0.601. The fourth-order valence-corrected chi connectivity index (χ4v) is 3.20. The third kappa shape index (κ3) is 2.83. The van der Waals surface area contributed by atoms with Gasteiger partial charge >= 0.3 is 0 Å². The van der Waals surface area contributed by atoms with Gasteiger partial charge in [0.25, 0.3) is 10.0 Å². The van der Waals surface area contributed by atoms with Gasteiger partial charge in [-0.1, -0.05) is 17.7 Å². The van der Waals surface area contributed by atoms with E-state index in [1.54, 1.807) is 30.5 Å². The maximum absolute atomic E-state index is 12.0. The Labute approximate surface area is 104 Å². The molecule has 90 valence electrons. The van der Waals surface area contributed by atoms with Crippen molar-refractivity contribution in [2.24, 2.45) is 0 Å². The SMILES string of the molecule is Cc1ccc(S(=O)(=O)Nc2ncc(C)s2)cc1. The van der Waals surface area contributed by atoms with E-state index >= 15 is 0 Å². The van der Waals surface area contributed by atoms with Crippen molar-refractivity contribution in [3.63, 3.8) is 0 Å². The van der Waals surface area contributed by atoms with E-state index in [2.05, 4.69) is 9.71 Å². The molecule has 1 heterocycles. The van der Waals surface area contributed by atoms with Gasteiger partial charge in [-0.15, -0.1) is 11.3 Å². The predicted molar refractivity (Wildman–Crippen MR) is 68.8 cm³/mol. The number of nitrogens with one attached hydrogen (secondary N) is 1. The molecule has 0 aliphatic carbocycles. The van der Waals surface area contributed by atoms with E-state index in [-0.39, 0.29) is 4.90 Å². The number of nitrogens with zero attached hydrogens (tertiary/aromatic N) is 1. The van der Waals surface area contributed by atoms with E-state index in [1.165, 1.54) is 11.3 Å². The van der Waals surface area contributed by atoms with Crippen LogP contribution in [0.2, 0.25) is 0 Å². The third-order valence-corrected chi connectivity index (χ3v) is 4.49. The zero-order valence-corrected chi connectivity index (χ0v) is 11.1. The Kier molecular flexibility index (Phi) is 3.17. The molecule has 2 rings (SSSR count). The minimum absolute atomic E-state index is 0.246. The van der Waals surface area contributed by atoms with Crippen molar-refractivity contribution < 1.29 is 8.42 Å². The van der Waals surface area contributed by atoms with Crippen LogP contribution in [0.15, 0.2) is 35.4 Å². The number of sulfonamides is 1. The summed E-state index contributed by atoms with van der Waals surface area (Å²) in [6, 6.07) is 6.69. The Morgan fingerprint density at radius 2 is 1.82 bits per heavy atom. The van der Waals surface area contributed by atoms with E-state index in [1.807, 2.05) is 13.8 Å². The summed E-state index contributed by atoms with van der Waals surface area (Å²) in [4.78, 5) is 5.18. The molecular weight excluding hydrogens is 256 g/mol. The summed E-state index contributed by atoms with van der Waals surface area (Å²) in [5.41, 5.74) is 1.02. The second-order valence-electron chi connectivity index (χ2n) is 3.69. The normalized spacial score (nSPS) is 11.4. The van der Waals surface area contributed by atoms with Crippen molar-refractivity contribution in [3.05, 3.63) is 40.9 Å². The number of hydrogen-bond donors (Lipinski definition) is 1. The van der Waals surface area contributed by atoms with Gasteiger partial charge in [0, 0.05) is 11.1 Å². The Bertz CT molecular complexity index is 615. The maximum Gasteiger partial charge on any atom is 0.263 e. The summed E-state index contributed by atoms with van der Waals surface area (Å²) in [6.07, 6.45) is 1.64. The van der Waals surface area contributed by atoms with Crippen molar-refractivity contribution in [3.8, 4) is 0 Å². The number of anilines is 1. The van der Waals surface area contributed by atoms with Crippen molar-refractivity contribution in [1.82, 2.24) is 4.98 Å². The summed E-state index contributed by atoms with van der Waals surface area (Å²) in [5, 5.41) is 0.392. The molecule has 1 aromatic heterocycles. The second-order valence-corrected chi connectivity index (χ2v) is 6.61. The van der Waals surface area contributed by atoms with E-state index < -0.39 is 10.0 Å². The molecule has 0 radical (unpaired) electrons. The molecule has 0 atom stereocenters. The third-order valence-electron chi connectivity index (χ3n) is 2.17. The molecule has 0 saturated heterocycles. The molecule has 0 spiro atoms. The lowest BCUT2D eigenvalue weighted by Crippen LogP contribution is -2.12. The lowest BCUT2D eigenvalue weighted by atomic mass is 10.2. The molecule has 0 saturated carbocycles. The smallest absolute Gasteiger partial charge is 0.255 e. The van der Waals surface area contributed by atoms with E-state index in [0.29, 0.717) is 5.13 Å². The summed E-state index contributed by atoms with van der Waals surface area (Å²) in [7, 11) is -3.52. The Morgan fingerprint density at radius 1 is 1.18 bits per heavy atom. The van der Waals surface area contributed by atoms with E-state index in [9.17, 15) is 8.42 Å². The van der Waals surface area contributed by atoms with Crippen LogP contribution >= 0.6 is 11.3 Å². The fraction of sp³-hybridized carbons (Fsp3) is 0.182. The van der Waals surface area contributed by atoms with Crippen LogP contribution in [0.3, 0.4) is 0 Å². The molecule has 0 bridgehead atoms. The number of thiazole rings is 1. The standard InChI is InChI=1S/C11H12N2O2S2/c1-8-3-5-10(6-4-8)17(14,15)13-11-12-7-9(2)16-11/h3-7H,1-2H3,(H,12,13). The second kappa shape index (κ2) is 4.46. The molecule has 17 heavy (non-hydrogen) atoms. The van der Waals surface area contributed by atoms with Crippen molar-refractivity contribution in [1.29, 1.82) is 0 Å². The van der Waals surface area contributed by atoms with Crippen LogP contribution in [0.4, 0.5) is 5.13 Å². The average molecular weight is 268 g/mol. The van der Waals surface area contributed by atoms with Gasteiger partial charge in [0.05, 0.1) is 4.90 Å². The lowest BCUT2D eigenvalue weighted by Gasteiger charge is -2.04. The molecule has 0 aliphatic rings. The summed E-state index contributed by atoms with van der Waals surface area (Å²) in [6.45, 7) is 3.79. The first-order valence-corrected chi connectivity index (χ1v) is 7.29. The van der Waals surface area contributed by atoms with Crippen molar-refractivity contribution in [2.45, 2.75) is 18.7 Å². The minimum atomic E-state index is -3.52. The predicted octanol–water partition coefficient (Wildman–Crippen LogP) is 2.56. The van der Waals surface area contributed by atoms with Gasteiger partial charge in [0.2, 0.25) is 0 Å². The van der Waals surface area contributed by atoms with Gasteiger partial charge in [-0.25, -0.2) is 13.4 Å². The number of aromatic nitrogens is 1. The first kappa shape index (κ1) is 12.1. The Balaban J connectivity index is 2.28. The molecule has 4 nitrogen and oxygen atoms in total. The first-order chi connectivity index (χ1) is 7.97. The average Bonchev–Trinajstić information content (AvgIpc) is 2.63. The molecule has 0 aliphatic heterocycles. The zero-order chi connectivity index (χ0) is 12.5. The summed E-state index contributed by atoms with van der Waals surface area (Å²) < 4.78 is 26.4. The molecule has 1 N–H and O–H groups in total. The highest BCUT2D eigenvalue weighted by molar-refractivity contribution is 7.93. The van der Waals surface area contributed by atoms with Gasteiger partial charge in [-0.3, -0.25) is 4.72 Å². The van der Waals surface area contributed by atoms with E-state index in [4.69, 9.17) is 0 Å². The fourth-order valence-electron chi connectivity index (χ4n) is 1.29. The number of hydrogen-bond acceptors (Lipinski definition) is 4. The topological polar surface area (TPSA) is 59.1 Å². The van der Waals surface area contributed by atoms with Crippen LogP contribution in [-0.2, 0) is 10.0 Å². The largest absolute Gasteiger partial charge is 0.263 e. The molecule has 2 aromatic rings. The van der Waals surface area contributed by atoms with Gasteiger partial charge < -0.3 is 0 Å². The molecular formula is C11H12N2O2S2. The molecule has 0 fully saturated rings. The first-order valence-electron chi connectivity index (χ1n) is 4.99. The van der Waals surface area contributed by atoms with Gasteiger partial charge in [-0.05, 0) is 26.0 Å². The summed E-state index contributed by atoms with van der Waals surface area (Å²) in [5.74, 6) is 0. The number of benzene rings is 1. The van der Waals surface area contributed by atoms with Crippen LogP contribution < -0.4 is 4.72 Å². The molecule has 6 heteroatoms. The highest BCUT2D eigenvalue weighted by atomic mass is 32.2. The van der Waals surface area contributed by atoms with Crippen LogP contribution in [0.5, 0.6) is 0 Å². The Hall–Kier alpha value is -1.40. The molecule has 0 amide bonds.